The average Bonchev–Trinajstić information content (AvgIpc) is 3.22. The molecule has 0 unspecified atom stereocenters. The van der Waals surface area contributed by atoms with Gasteiger partial charge >= 0.3 is 12.0 Å². The Morgan fingerprint density at radius 1 is 1.38 bits per heavy atom. The maximum atomic E-state index is 13.4. The van der Waals surface area contributed by atoms with Gasteiger partial charge in [-0.05, 0) is 30.9 Å². The van der Waals surface area contributed by atoms with E-state index in [0.29, 0.717) is 25.7 Å². The van der Waals surface area contributed by atoms with Gasteiger partial charge in [0.2, 0.25) is 0 Å². The molecule has 2 amide bonds. The molecule has 3 N–H and O–H groups in total. The van der Waals surface area contributed by atoms with Crippen molar-refractivity contribution in [1.82, 2.24) is 5.32 Å². The van der Waals surface area contributed by atoms with Crippen LogP contribution in [0, 0.1) is 11.7 Å². The highest BCUT2D eigenvalue weighted by molar-refractivity contribution is 6.00. The Morgan fingerprint density at radius 3 is 2.81 bits per heavy atom. The third kappa shape index (κ3) is 4.71. The summed E-state index contributed by atoms with van der Waals surface area (Å²) in [6, 6.07) is 3.09. The van der Waals surface area contributed by atoms with E-state index < -0.39 is 23.4 Å². The lowest BCUT2D eigenvalue weighted by Crippen LogP contribution is -2.32. The first kappa shape index (κ1) is 15.2. The van der Waals surface area contributed by atoms with E-state index in [4.69, 9.17) is 9.84 Å². The minimum absolute atomic E-state index is 0.0844. The van der Waals surface area contributed by atoms with Gasteiger partial charge in [0.1, 0.15) is 11.4 Å². The molecule has 0 radical (unpaired) electrons. The van der Waals surface area contributed by atoms with Crippen molar-refractivity contribution in [3.8, 4) is 0 Å². The Labute approximate surface area is 121 Å². The predicted molar refractivity (Wildman–Crippen MR) is 73.9 cm³/mol. The van der Waals surface area contributed by atoms with Gasteiger partial charge in [0.15, 0.2) is 0 Å². The van der Waals surface area contributed by atoms with Crippen LogP contribution in [-0.4, -0.2) is 36.9 Å². The van der Waals surface area contributed by atoms with Crippen LogP contribution >= 0.6 is 0 Å². The minimum Gasteiger partial charge on any atom is -0.478 e. The number of amides is 2. The van der Waals surface area contributed by atoms with E-state index in [9.17, 15) is 14.0 Å². The largest absolute Gasteiger partial charge is 0.478 e. The summed E-state index contributed by atoms with van der Waals surface area (Å²) in [5, 5.41) is 13.8. The van der Waals surface area contributed by atoms with E-state index in [1.165, 1.54) is 25.0 Å². The maximum absolute atomic E-state index is 13.4. The van der Waals surface area contributed by atoms with Gasteiger partial charge in [0.25, 0.3) is 0 Å². The van der Waals surface area contributed by atoms with Crippen LogP contribution in [0.1, 0.15) is 23.2 Å². The van der Waals surface area contributed by atoms with Crippen molar-refractivity contribution in [2.75, 3.05) is 25.1 Å². The molecule has 21 heavy (non-hydrogen) atoms. The van der Waals surface area contributed by atoms with Gasteiger partial charge in [-0.25, -0.2) is 14.0 Å². The van der Waals surface area contributed by atoms with Crippen LogP contribution in [0.3, 0.4) is 0 Å². The molecule has 0 saturated heterocycles. The van der Waals surface area contributed by atoms with Crippen LogP contribution in [0.15, 0.2) is 18.2 Å². The zero-order valence-corrected chi connectivity index (χ0v) is 11.4. The Morgan fingerprint density at radius 2 is 2.14 bits per heavy atom. The smallest absolute Gasteiger partial charge is 0.340 e. The Hall–Kier alpha value is -2.15. The van der Waals surface area contributed by atoms with E-state index >= 15 is 0 Å². The van der Waals surface area contributed by atoms with E-state index in [2.05, 4.69) is 10.6 Å². The molecular formula is C14H17FN2O4. The fourth-order valence-electron chi connectivity index (χ4n) is 1.78. The molecule has 114 valence electrons. The number of nitrogens with one attached hydrogen (secondary N) is 2. The molecule has 0 spiro atoms. The molecule has 0 aliphatic heterocycles. The number of carbonyl (C=O) groups is 2. The Kier molecular flexibility index (Phi) is 5.10. The Bertz CT molecular complexity index is 532. The zero-order valence-electron chi connectivity index (χ0n) is 11.4. The molecule has 6 nitrogen and oxygen atoms in total. The van der Waals surface area contributed by atoms with Crippen molar-refractivity contribution in [2.45, 2.75) is 12.8 Å². The summed E-state index contributed by atoms with van der Waals surface area (Å²) in [5.74, 6) is -1.67. The fourth-order valence-corrected chi connectivity index (χ4v) is 1.78. The highest BCUT2D eigenvalue weighted by Crippen LogP contribution is 2.28. The van der Waals surface area contributed by atoms with Gasteiger partial charge in [-0.15, -0.1) is 0 Å². The van der Waals surface area contributed by atoms with Crippen LogP contribution in [-0.2, 0) is 4.74 Å². The summed E-state index contributed by atoms with van der Waals surface area (Å²) in [4.78, 5) is 22.6. The normalized spacial score (nSPS) is 13.8. The first-order valence-corrected chi connectivity index (χ1v) is 6.72. The van der Waals surface area contributed by atoms with Crippen molar-refractivity contribution in [3.63, 3.8) is 0 Å². The molecule has 1 aliphatic rings. The van der Waals surface area contributed by atoms with Crippen LogP contribution in [0.4, 0.5) is 14.9 Å². The van der Waals surface area contributed by atoms with Crippen LogP contribution in [0.25, 0.3) is 0 Å². The summed E-state index contributed by atoms with van der Waals surface area (Å²) in [6.07, 6.45) is 2.40. The molecule has 1 aromatic carbocycles. The zero-order chi connectivity index (χ0) is 15.2. The fraction of sp³-hybridized carbons (Fsp3) is 0.429. The number of ether oxygens (including phenoxy) is 1. The van der Waals surface area contributed by atoms with Crippen molar-refractivity contribution in [2.24, 2.45) is 5.92 Å². The van der Waals surface area contributed by atoms with E-state index in [-0.39, 0.29) is 5.69 Å². The Balaban J connectivity index is 1.78. The first-order valence-electron chi connectivity index (χ1n) is 6.72. The summed E-state index contributed by atoms with van der Waals surface area (Å²) >= 11 is 0. The third-order valence-electron chi connectivity index (χ3n) is 3.06. The molecule has 1 saturated carbocycles. The van der Waals surface area contributed by atoms with Gasteiger partial charge in [0.05, 0.1) is 12.3 Å². The lowest BCUT2D eigenvalue weighted by atomic mass is 10.1. The lowest BCUT2D eigenvalue weighted by molar-refractivity contribution is 0.0693. The topological polar surface area (TPSA) is 87.7 Å². The molecule has 1 aromatic rings. The predicted octanol–water partition coefficient (Wildman–Crippen LogP) is 2.07. The summed E-state index contributed by atoms with van der Waals surface area (Å²) in [7, 11) is 0. The standard InChI is InChI=1S/C14H17FN2O4/c15-10-2-1-3-11(12(10)13(18)19)17-14(20)16-6-7-21-8-9-4-5-9/h1-3,9H,4-8H2,(H,18,19)(H2,16,17,20). The SMILES string of the molecule is O=C(NCCOCC1CC1)Nc1cccc(F)c1C(=O)O. The quantitative estimate of drug-likeness (QED) is 0.672. The summed E-state index contributed by atoms with van der Waals surface area (Å²) < 4.78 is 18.8. The molecule has 0 heterocycles. The number of carboxylic acids is 1. The molecule has 2 rings (SSSR count). The number of urea groups is 1. The van der Waals surface area contributed by atoms with Crippen LogP contribution in [0.2, 0.25) is 0 Å². The number of carboxylic acid groups (broad SMARTS) is 1. The minimum atomic E-state index is -1.43. The van der Waals surface area contributed by atoms with Crippen molar-refractivity contribution < 1.29 is 23.8 Å². The lowest BCUT2D eigenvalue weighted by Gasteiger charge is -2.10. The van der Waals surface area contributed by atoms with Gasteiger partial charge in [-0.2, -0.15) is 0 Å². The number of halogens is 1. The molecule has 0 aromatic heterocycles. The highest BCUT2D eigenvalue weighted by atomic mass is 19.1. The highest BCUT2D eigenvalue weighted by Gasteiger charge is 2.21. The summed E-state index contributed by atoms with van der Waals surface area (Å²) in [6.45, 7) is 1.39. The first-order chi connectivity index (χ1) is 10.1. The number of aromatic carboxylic acids is 1. The number of carbonyl (C=O) groups excluding carboxylic acids is 1. The molecule has 1 aliphatic carbocycles. The average molecular weight is 296 g/mol. The number of anilines is 1. The van der Waals surface area contributed by atoms with E-state index in [1.54, 1.807) is 0 Å². The van der Waals surface area contributed by atoms with E-state index in [1.807, 2.05) is 0 Å². The summed E-state index contributed by atoms with van der Waals surface area (Å²) in [5.41, 5.74) is -0.642. The second-order valence-electron chi connectivity index (χ2n) is 4.87. The molecule has 0 bridgehead atoms. The maximum Gasteiger partial charge on any atom is 0.340 e. The van der Waals surface area contributed by atoms with Gasteiger partial charge in [-0.3, -0.25) is 0 Å². The molecule has 0 atom stereocenters. The van der Waals surface area contributed by atoms with Crippen LogP contribution < -0.4 is 10.6 Å². The van der Waals surface area contributed by atoms with Crippen molar-refractivity contribution >= 4 is 17.7 Å². The molecular weight excluding hydrogens is 279 g/mol. The van der Waals surface area contributed by atoms with E-state index in [0.717, 1.165) is 6.07 Å². The van der Waals surface area contributed by atoms with Crippen molar-refractivity contribution in [3.05, 3.63) is 29.6 Å². The third-order valence-corrected chi connectivity index (χ3v) is 3.06. The monoisotopic (exact) mass is 296 g/mol. The van der Waals surface area contributed by atoms with Gasteiger partial charge in [0, 0.05) is 13.2 Å². The van der Waals surface area contributed by atoms with Gasteiger partial charge in [-0.1, -0.05) is 6.07 Å². The molecule has 7 heteroatoms. The molecule has 1 fully saturated rings. The second kappa shape index (κ2) is 7.03. The van der Waals surface area contributed by atoms with Gasteiger partial charge < -0.3 is 20.5 Å². The number of benzene rings is 1. The number of rotatable bonds is 7. The van der Waals surface area contributed by atoms with Crippen LogP contribution in [0.5, 0.6) is 0 Å². The second-order valence-corrected chi connectivity index (χ2v) is 4.87. The number of hydrogen-bond donors (Lipinski definition) is 3. The van der Waals surface area contributed by atoms with Crippen molar-refractivity contribution in [1.29, 1.82) is 0 Å². The number of hydrogen-bond acceptors (Lipinski definition) is 3.